The Bertz CT molecular complexity index is 342. The fourth-order valence-electron chi connectivity index (χ4n) is 1.54. The Kier molecular flexibility index (Phi) is 4.05. The molecule has 1 aliphatic rings. The number of anilines is 1. The summed E-state index contributed by atoms with van der Waals surface area (Å²) in [5.74, 6) is 0.899. The predicted molar refractivity (Wildman–Crippen MR) is 69.4 cm³/mol. The molecule has 2 heterocycles. The van der Waals surface area contributed by atoms with Crippen LogP contribution >= 0.6 is 34.2 Å². The van der Waals surface area contributed by atoms with Crippen LogP contribution in [0, 0.1) is 3.57 Å². The highest BCUT2D eigenvalue weighted by molar-refractivity contribution is 14.1. The van der Waals surface area contributed by atoms with Gasteiger partial charge in [0.25, 0.3) is 0 Å². The molecule has 0 bridgehead atoms. The number of nitrogens with zero attached hydrogens (tertiary/aromatic N) is 1. The second-order valence-electron chi connectivity index (χ2n) is 3.51. The first kappa shape index (κ1) is 11.4. The molecule has 15 heavy (non-hydrogen) atoms. The number of hydrogen-bond donors (Lipinski definition) is 1. The topological polar surface area (TPSA) is 34.2 Å². The smallest absolute Gasteiger partial charge is 0.127 e. The summed E-state index contributed by atoms with van der Waals surface area (Å²) in [5, 5.41) is 4.10. The van der Waals surface area contributed by atoms with E-state index in [-0.39, 0.29) is 0 Å². The quantitative estimate of drug-likeness (QED) is 0.842. The van der Waals surface area contributed by atoms with E-state index in [1.54, 1.807) is 6.20 Å². The molecule has 1 fully saturated rings. The largest absolute Gasteiger partial charge is 0.381 e. The van der Waals surface area contributed by atoms with Gasteiger partial charge in [-0.05, 0) is 41.5 Å². The van der Waals surface area contributed by atoms with Crippen LogP contribution in [0.15, 0.2) is 12.3 Å². The second-order valence-corrected chi connectivity index (χ2v) is 5.08. The molecular weight excluding hydrogens is 326 g/mol. The Morgan fingerprint density at radius 3 is 2.87 bits per heavy atom. The number of aromatic nitrogens is 1. The van der Waals surface area contributed by atoms with Crippen LogP contribution in [-0.4, -0.2) is 24.2 Å². The molecule has 3 nitrogen and oxygen atoms in total. The van der Waals surface area contributed by atoms with Gasteiger partial charge < -0.3 is 10.1 Å². The van der Waals surface area contributed by atoms with Gasteiger partial charge >= 0.3 is 0 Å². The fourth-order valence-corrected chi connectivity index (χ4v) is 2.08. The summed E-state index contributed by atoms with van der Waals surface area (Å²) in [4.78, 5) is 4.24. The van der Waals surface area contributed by atoms with E-state index in [2.05, 4.69) is 32.9 Å². The molecule has 0 aromatic carbocycles. The number of ether oxygens (including phenoxy) is 1. The third-order valence-electron chi connectivity index (χ3n) is 2.38. The molecule has 1 aliphatic heterocycles. The van der Waals surface area contributed by atoms with Gasteiger partial charge in [0.15, 0.2) is 0 Å². The van der Waals surface area contributed by atoms with Crippen molar-refractivity contribution in [3.63, 3.8) is 0 Å². The highest BCUT2D eigenvalue weighted by Gasteiger charge is 2.13. The van der Waals surface area contributed by atoms with Crippen molar-refractivity contribution in [2.75, 3.05) is 18.5 Å². The molecule has 0 spiro atoms. The first-order chi connectivity index (χ1) is 7.25. The van der Waals surface area contributed by atoms with Crippen LogP contribution in [0.25, 0.3) is 0 Å². The van der Waals surface area contributed by atoms with E-state index in [0.29, 0.717) is 11.1 Å². The minimum absolute atomic E-state index is 0.475. The Balaban J connectivity index is 2.00. The van der Waals surface area contributed by atoms with Crippen molar-refractivity contribution in [2.45, 2.75) is 18.9 Å². The van der Waals surface area contributed by atoms with Crippen LogP contribution in [0.1, 0.15) is 12.8 Å². The van der Waals surface area contributed by atoms with Crippen molar-refractivity contribution in [3.05, 3.63) is 20.9 Å². The van der Waals surface area contributed by atoms with E-state index in [4.69, 9.17) is 16.3 Å². The number of nitrogens with one attached hydrogen (secondary N) is 1. The lowest BCUT2D eigenvalue weighted by atomic mass is 10.1. The van der Waals surface area contributed by atoms with Crippen molar-refractivity contribution in [1.82, 2.24) is 4.98 Å². The summed E-state index contributed by atoms with van der Waals surface area (Å²) in [6.45, 7) is 1.67. The molecule has 0 radical (unpaired) electrons. The molecular formula is C10H12ClIN2O. The highest BCUT2D eigenvalue weighted by atomic mass is 127. The zero-order valence-corrected chi connectivity index (χ0v) is 11.1. The maximum atomic E-state index is 5.91. The molecule has 1 aromatic heterocycles. The van der Waals surface area contributed by atoms with E-state index in [1.165, 1.54) is 0 Å². The van der Waals surface area contributed by atoms with Gasteiger partial charge in [-0.2, -0.15) is 0 Å². The van der Waals surface area contributed by atoms with E-state index < -0.39 is 0 Å². The third kappa shape index (κ3) is 3.19. The molecule has 1 saturated heterocycles. The second kappa shape index (κ2) is 5.32. The molecule has 0 atom stereocenters. The summed E-state index contributed by atoms with van der Waals surface area (Å²) in [5.41, 5.74) is 0. The first-order valence-corrected chi connectivity index (χ1v) is 6.37. The molecule has 0 aliphatic carbocycles. The Morgan fingerprint density at radius 1 is 1.47 bits per heavy atom. The summed E-state index contributed by atoms with van der Waals surface area (Å²) in [6, 6.07) is 2.45. The monoisotopic (exact) mass is 338 g/mol. The number of pyridine rings is 1. The third-order valence-corrected chi connectivity index (χ3v) is 3.89. The SMILES string of the molecule is Clc1cnc(NC2CCOCC2)cc1I. The Hall–Kier alpha value is -0.0700. The van der Waals surface area contributed by atoms with Gasteiger partial charge in [0.05, 0.1) is 5.02 Å². The van der Waals surface area contributed by atoms with E-state index in [9.17, 15) is 0 Å². The van der Waals surface area contributed by atoms with Crippen LogP contribution in [-0.2, 0) is 4.74 Å². The zero-order chi connectivity index (χ0) is 10.7. The molecule has 1 aromatic rings. The molecule has 0 amide bonds. The van der Waals surface area contributed by atoms with Gasteiger partial charge in [-0.15, -0.1) is 0 Å². The van der Waals surface area contributed by atoms with Gasteiger partial charge in [-0.3, -0.25) is 0 Å². The molecule has 82 valence electrons. The van der Waals surface area contributed by atoms with Gasteiger partial charge in [0.2, 0.25) is 0 Å². The Morgan fingerprint density at radius 2 is 2.20 bits per heavy atom. The van der Waals surface area contributed by atoms with Crippen LogP contribution in [0.3, 0.4) is 0 Å². The highest BCUT2D eigenvalue weighted by Crippen LogP contribution is 2.21. The van der Waals surface area contributed by atoms with Crippen LogP contribution in [0.4, 0.5) is 5.82 Å². The molecule has 0 unspecified atom stereocenters. The van der Waals surface area contributed by atoms with Crippen molar-refractivity contribution < 1.29 is 4.74 Å². The van der Waals surface area contributed by atoms with Crippen molar-refractivity contribution >= 4 is 40.0 Å². The standard InChI is InChI=1S/C10H12ClIN2O/c11-8-6-13-10(5-9(8)12)14-7-1-3-15-4-2-7/h5-7H,1-4H2,(H,13,14). The number of rotatable bonds is 2. The predicted octanol–water partition coefficient (Wildman–Crippen LogP) is 2.93. The number of halogens is 2. The Labute approximate surface area is 108 Å². The van der Waals surface area contributed by atoms with Crippen LogP contribution in [0.5, 0.6) is 0 Å². The molecule has 2 rings (SSSR count). The lowest BCUT2D eigenvalue weighted by Gasteiger charge is -2.23. The summed E-state index contributed by atoms with van der Waals surface area (Å²) in [7, 11) is 0. The summed E-state index contributed by atoms with van der Waals surface area (Å²) >= 11 is 8.11. The fraction of sp³-hybridized carbons (Fsp3) is 0.500. The average Bonchev–Trinajstić information content (AvgIpc) is 2.25. The van der Waals surface area contributed by atoms with Crippen molar-refractivity contribution in [3.8, 4) is 0 Å². The van der Waals surface area contributed by atoms with E-state index in [1.807, 2.05) is 6.07 Å². The lowest BCUT2D eigenvalue weighted by molar-refractivity contribution is 0.0904. The maximum Gasteiger partial charge on any atom is 0.127 e. The van der Waals surface area contributed by atoms with Gasteiger partial charge in [-0.25, -0.2) is 4.98 Å². The first-order valence-electron chi connectivity index (χ1n) is 4.91. The minimum atomic E-state index is 0.475. The van der Waals surface area contributed by atoms with E-state index >= 15 is 0 Å². The van der Waals surface area contributed by atoms with Crippen molar-refractivity contribution in [2.24, 2.45) is 0 Å². The van der Waals surface area contributed by atoms with Gasteiger partial charge in [0, 0.05) is 29.0 Å². The van der Waals surface area contributed by atoms with Crippen LogP contribution < -0.4 is 5.32 Å². The van der Waals surface area contributed by atoms with Crippen molar-refractivity contribution in [1.29, 1.82) is 0 Å². The van der Waals surface area contributed by atoms with E-state index in [0.717, 1.165) is 35.4 Å². The minimum Gasteiger partial charge on any atom is -0.381 e. The normalized spacial score (nSPS) is 17.7. The molecule has 5 heteroatoms. The number of hydrogen-bond acceptors (Lipinski definition) is 3. The summed E-state index contributed by atoms with van der Waals surface area (Å²) in [6.07, 6.45) is 3.77. The maximum absolute atomic E-state index is 5.91. The summed E-state index contributed by atoms with van der Waals surface area (Å²) < 4.78 is 6.32. The zero-order valence-electron chi connectivity index (χ0n) is 8.17. The molecule has 1 N–H and O–H groups in total. The molecule has 0 saturated carbocycles. The van der Waals surface area contributed by atoms with Gasteiger partial charge in [-0.1, -0.05) is 11.6 Å². The van der Waals surface area contributed by atoms with Gasteiger partial charge in [0.1, 0.15) is 5.82 Å². The lowest BCUT2D eigenvalue weighted by Crippen LogP contribution is -2.28. The van der Waals surface area contributed by atoms with Crippen LogP contribution in [0.2, 0.25) is 5.02 Å². The average molecular weight is 339 g/mol.